The van der Waals surface area contributed by atoms with E-state index in [0.29, 0.717) is 5.92 Å². The number of methoxy groups -OCH3 is 1. The molecule has 1 aliphatic heterocycles. The fourth-order valence-electron chi connectivity index (χ4n) is 0.727. The second-order valence-electron chi connectivity index (χ2n) is 2.22. The summed E-state index contributed by atoms with van der Waals surface area (Å²) < 4.78 is 4.90. The number of nitrogens with zero attached hydrogens (tertiary/aromatic N) is 1. The molecule has 0 radical (unpaired) electrons. The van der Waals surface area contributed by atoms with Crippen molar-refractivity contribution in [3.8, 4) is 0 Å². The van der Waals surface area contributed by atoms with Crippen molar-refractivity contribution in [3.63, 3.8) is 0 Å². The Kier molecular flexibility index (Phi) is 5.53. The summed E-state index contributed by atoms with van der Waals surface area (Å²) in [6.45, 7) is 6.99. The monoisotopic (exact) mass is 155 g/mol. The maximum Gasteiger partial charge on any atom is 0.207 e. The molecule has 0 spiro atoms. The van der Waals surface area contributed by atoms with Gasteiger partial charge in [0.15, 0.2) is 0 Å². The first kappa shape index (κ1) is 10.2. The highest BCUT2D eigenvalue weighted by molar-refractivity contribution is 5.88. The van der Waals surface area contributed by atoms with E-state index >= 15 is 0 Å². The first-order valence-electron chi connectivity index (χ1n) is 4.09. The molecule has 0 aromatic rings. The Bertz CT molecular complexity index is 150. The van der Waals surface area contributed by atoms with Gasteiger partial charge in [-0.15, -0.1) is 0 Å². The number of dihydropyridines is 1. The van der Waals surface area contributed by atoms with Crippen LogP contribution in [-0.4, -0.2) is 19.6 Å². The predicted molar refractivity (Wildman–Crippen MR) is 49.0 cm³/mol. The van der Waals surface area contributed by atoms with E-state index in [1.165, 1.54) is 0 Å². The highest BCUT2D eigenvalue weighted by atomic mass is 16.5. The first-order chi connectivity index (χ1) is 5.33. The minimum Gasteiger partial charge on any atom is -0.481 e. The molecule has 0 saturated carbocycles. The lowest BCUT2D eigenvalue weighted by Gasteiger charge is -2.08. The van der Waals surface area contributed by atoms with Crippen LogP contribution in [0.4, 0.5) is 0 Å². The SMILES string of the molecule is CC.COC1=NCC(C)C=C1. The summed E-state index contributed by atoms with van der Waals surface area (Å²) in [5.41, 5.74) is 0. The molecule has 1 aliphatic rings. The van der Waals surface area contributed by atoms with Crippen molar-refractivity contribution in [1.29, 1.82) is 0 Å². The molecule has 1 heterocycles. The number of hydrogen-bond acceptors (Lipinski definition) is 2. The molecule has 0 aliphatic carbocycles. The van der Waals surface area contributed by atoms with Gasteiger partial charge >= 0.3 is 0 Å². The fourth-order valence-corrected chi connectivity index (χ4v) is 0.727. The van der Waals surface area contributed by atoms with Crippen molar-refractivity contribution in [2.45, 2.75) is 20.8 Å². The van der Waals surface area contributed by atoms with Crippen LogP contribution < -0.4 is 0 Å². The zero-order valence-corrected chi connectivity index (χ0v) is 7.79. The van der Waals surface area contributed by atoms with Crippen molar-refractivity contribution in [2.24, 2.45) is 10.9 Å². The molecular formula is C9H17NO. The summed E-state index contributed by atoms with van der Waals surface area (Å²) in [5, 5.41) is 0. The average Bonchev–Trinajstić information content (AvgIpc) is 2.10. The summed E-state index contributed by atoms with van der Waals surface area (Å²) in [6.07, 6.45) is 4.01. The molecule has 2 nitrogen and oxygen atoms in total. The van der Waals surface area contributed by atoms with E-state index in [2.05, 4.69) is 18.0 Å². The van der Waals surface area contributed by atoms with Crippen LogP contribution in [0.1, 0.15) is 20.8 Å². The van der Waals surface area contributed by atoms with Crippen LogP contribution in [0.15, 0.2) is 17.1 Å². The van der Waals surface area contributed by atoms with Crippen LogP contribution in [0.25, 0.3) is 0 Å². The second kappa shape index (κ2) is 5.96. The molecule has 0 aromatic heterocycles. The lowest BCUT2D eigenvalue weighted by molar-refractivity contribution is 0.401. The number of aliphatic imine (C=N–C) groups is 1. The molecule has 0 fully saturated rings. The van der Waals surface area contributed by atoms with Gasteiger partial charge in [-0.2, -0.15) is 0 Å². The summed E-state index contributed by atoms with van der Waals surface area (Å²) in [6, 6.07) is 0. The van der Waals surface area contributed by atoms with E-state index < -0.39 is 0 Å². The van der Waals surface area contributed by atoms with Crippen LogP contribution in [-0.2, 0) is 4.74 Å². The minimum atomic E-state index is 0.573. The molecule has 1 rings (SSSR count). The summed E-state index contributed by atoms with van der Waals surface area (Å²) in [5.74, 6) is 1.32. The van der Waals surface area contributed by atoms with E-state index in [-0.39, 0.29) is 0 Å². The van der Waals surface area contributed by atoms with Gasteiger partial charge in [-0.05, 0) is 12.0 Å². The molecule has 1 atom stereocenters. The third kappa shape index (κ3) is 3.81. The molecule has 2 heteroatoms. The minimum absolute atomic E-state index is 0.573. The Morgan fingerprint density at radius 3 is 2.55 bits per heavy atom. The second-order valence-corrected chi connectivity index (χ2v) is 2.22. The molecule has 0 saturated heterocycles. The van der Waals surface area contributed by atoms with E-state index in [9.17, 15) is 0 Å². The van der Waals surface area contributed by atoms with Crippen LogP contribution in [0.5, 0.6) is 0 Å². The van der Waals surface area contributed by atoms with Gasteiger partial charge in [0.2, 0.25) is 5.90 Å². The summed E-state index contributed by atoms with van der Waals surface area (Å²) in [7, 11) is 1.64. The lowest BCUT2D eigenvalue weighted by Crippen LogP contribution is -2.07. The molecule has 11 heavy (non-hydrogen) atoms. The number of hydrogen-bond donors (Lipinski definition) is 0. The molecule has 0 amide bonds. The summed E-state index contributed by atoms with van der Waals surface area (Å²) in [4.78, 5) is 4.14. The van der Waals surface area contributed by atoms with Gasteiger partial charge < -0.3 is 4.74 Å². The maximum atomic E-state index is 4.90. The lowest BCUT2D eigenvalue weighted by atomic mass is 10.1. The van der Waals surface area contributed by atoms with Gasteiger partial charge in [0.05, 0.1) is 7.11 Å². The highest BCUT2D eigenvalue weighted by Gasteiger charge is 2.02. The van der Waals surface area contributed by atoms with Gasteiger partial charge in [0, 0.05) is 6.54 Å². The molecule has 1 unspecified atom stereocenters. The van der Waals surface area contributed by atoms with Gasteiger partial charge in [0.25, 0.3) is 0 Å². The topological polar surface area (TPSA) is 21.6 Å². The van der Waals surface area contributed by atoms with Crippen molar-refractivity contribution in [3.05, 3.63) is 12.2 Å². The van der Waals surface area contributed by atoms with Crippen molar-refractivity contribution in [2.75, 3.05) is 13.7 Å². The molecule has 0 bridgehead atoms. The average molecular weight is 155 g/mol. The van der Waals surface area contributed by atoms with Crippen LogP contribution >= 0.6 is 0 Å². The molecule has 0 aromatic carbocycles. The van der Waals surface area contributed by atoms with E-state index in [1.807, 2.05) is 19.9 Å². The van der Waals surface area contributed by atoms with Crippen LogP contribution in [0.2, 0.25) is 0 Å². The zero-order chi connectivity index (χ0) is 8.69. The van der Waals surface area contributed by atoms with Gasteiger partial charge in [-0.25, -0.2) is 0 Å². The Balaban J connectivity index is 0.000000461. The van der Waals surface area contributed by atoms with Gasteiger partial charge in [-0.1, -0.05) is 26.8 Å². The van der Waals surface area contributed by atoms with E-state index in [0.717, 1.165) is 12.4 Å². The van der Waals surface area contributed by atoms with Crippen LogP contribution in [0, 0.1) is 5.92 Å². The highest BCUT2D eigenvalue weighted by Crippen LogP contribution is 2.04. The Labute approximate surface area is 69.0 Å². The quantitative estimate of drug-likeness (QED) is 0.526. The fraction of sp³-hybridized carbons (Fsp3) is 0.667. The van der Waals surface area contributed by atoms with E-state index in [4.69, 9.17) is 4.74 Å². The smallest absolute Gasteiger partial charge is 0.207 e. The van der Waals surface area contributed by atoms with E-state index in [1.54, 1.807) is 7.11 Å². The largest absolute Gasteiger partial charge is 0.481 e. The first-order valence-corrected chi connectivity index (χ1v) is 4.09. The van der Waals surface area contributed by atoms with Crippen molar-refractivity contribution < 1.29 is 4.74 Å². The molecule has 0 N–H and O–H groups in total. The van der Waals surface area contributed by atoms with Gasteiger partial charge in [-0.3, -0.25) is 4.99 Å². The Hall–Kier alpha value is -0.790. The Morgan fingerprint density at radius 1 is 1.55 bits per heavy atom. The Morgan fingerprint density at radius 2 is 2.18 bits per heavy atom. The predicted octanol–water partition coefficient (Wildman–Crippen LogP) is 2.26. The molecular weight excluding hydrogens is 138 g/mol. The number of rotatable bonds is 0. The third-order valence-corrected chi connectivity index (χ3v) is 1.31. The number of ether oxygens (including phenoxy) is 1. The zero-order valence-electron chi connectivity index (χ0n) is 7.79. The normalized spacial score (nSPS) is 21.5. The summed E-state index contributed by atoms with van der Waals surface area (Å²) >= 11 is 0. The van der Waals surface area contributed by atoms with Crippen LogP contribution in [0.3, 0.4) is 0 Å². The van der Waals surface area contributed by atoms with Gasteiger partial charge in [0.1, 0.15) is 0 Å². The third-order valence-electron chi connectivity index (χ3n) is 1.31. The standard InChI is InChI=1S/C7H11NO.C2H6/c1-6-3-4-7(9-2)8-5-6;1-2/h3-4,6H,5H2,1-2H3;1-2H3. The molecule has 64 valence electrons. The van der Waals surface area contributed by atoms with Crippen molar-refractivity contribution in [1.82, 2.24) is 0 Å². The van der Waals surface area contributed by atoms with Crippen molar-refractivity contribution >= 4 is 5.90 Å². The maximum absolute atomic E-state index is 4.90.